The number of ether oxygens (including phenoxy) is 2. The number of hydrogen-bond acceptors (Lipinski definition) is 4. The predicted octanol–water partition coefficient (Wildman–Crippen LogP) is 2.44. The van der Waals surface area contributed by atoms with Crippen LogP contribution >= 0.6 is 0 Å². The average Bonchev–Trinajstić information content (AvgIpc) is 3.01. The van der Waals surface area contributed by atoms with Crippen LogP contribution in [0.5, 0.6) is 5.75 Å². The highest BCUT2D eigenvalue weighted by molar-refractivity contribution is 5.82. The van der Waals surface area contributed by atoms with Gasteiger partial charge in [-0.05, 0) is 12.0 Å². The third-order valence-corrected chi connectivity index (χ3v) is 4.43. The number of nitrogens with zero attached hydrogens (tertiary/aromatic N) is 2. The zero-order chi connectivity index (χ0) is 20.0. The summed E-state index contributed by atoms with van der Waals surface area (Å²) in [6, 6.07) is 6.53. The van der Waals surface area contributed by atoms with E-state index < -0.39 is 12.8 Å². The average molecular weight is 387 g/mol. The van der Waals surface area contributed by atoms with Crippen LogP contribution in [-0.2, 0) is 16.1 Å². The van der Waals surface area contributed by atoms with Gasteiger partial charge >= 0.3 is 12.1 Å². The Kier molecular flexibility index (Phi) is 6.92. The molecular formula is C18H24F3N3O3. The number of carbonyl (C=O) groups excluding carboxylic acids is 1. The maximum Gasteiger partial charge on any atom is 0.422 e. The van der Waals surface area contributed by atoms with Crippen LogP contribution in [0.4, 0.5) is 13.2 Å². The van der Waals surface area contributed by atoms with Crippen molar-refractivity contribution in [2.45, 2.75) is 19.6 Å². The Balaban J connectivity index is 2.00. The smallest absolute Gasteiger partial charge is 0.422 e. The van der Waals surface area contributed by atoms with Crippen LogP contribution in [0.3, 0.4) is 0 Å². The topological polar surface area (TPSA) is 63.2 Å². The molecule has 1 fully saturated rings. The fourth-order valence-electron chi connectivity index (χ4n) is 3.05. The first-order valence-corrected chi connectivity index (χ1v) is 8.56. The lowest BCUT2D eigenvalue weighted by molar-refractivity contribution is -0.153. The molecule has 1 aliphatic heterocycles. The summed E-state index contributed by atoms with van der Waals surface area (Å²) >= 11 is 0. The predicted molar refractivity (Wildman–Crippen MR) is 94.4 cm³/mol. The van der Waals surface area contributed by atoms with Gasteiger partial charge in [0.05, 0.1) is 13.0 Å². The molecule has 0 aromatic heterocycles. The largest absolute Gasteiger partial charge is 0.484 e. The van der Waals surface area contributed by atoms with Crippen LogP contribution in [0.2, 0.25) is 0 Å². The van der Waals surface area contributed by atoms with Gasteiger partial charge in [-0.1, -0.05) is 25.1 Å². The Labute approximate surface area is 156 Å². The molecule has 27 heavy (non-hydrogen) atoms. The Hall–Kier alpha value is -2.45. The second-order valence-corrected chi connectivity index (χ2v) is 6.42. The number of carbonyl (C=O) groups is 1. The first kappa shape index (κ1) is 20.9. The molecule has 0 spiro atoms. The second kappa shape index (κ2) is 8.96. The van der Waals surface area contributed by atoms with Gasteiger partial charge < -0.3 is 19.7 Å². The molecule has 1 aromatic carbocycles. The minimum atomic E-state index is -4.40. The zero-order valence-electron chi connectivity index (χ0n) is 15.5. The van der Waals surface area contributed by atoms with E-state index in [0.29, 0.717) is 24.6 Å². The van der Waals surface area contributed by atoms with Crippen molar-refractivity contribution in [2.24, 2.45) is 16.8 Å². The number of methoxy groups -OCH3 is 1. The van der Waals surface area contributed by atoms with Crippen LogP contribution in [0, 0.1) is 11.8 Å². The van der Waals surface area contributed by atoms with E-state index in [2.05, 4.69) is 10.3 Å². The molecule has 6 nitrogen and oxygen atoms in total. The number of aliphatic imine (C=N–C) groups is 1. The standard InChI is InChI=1S/C18H24F3N3O3/c1-12-9-24(10-14(12)16(25)26-3)17(22-2)23-8-13-6-4-5-7-15(13)27-11-18(19,20)21/h4-7,12,14H,8-11H2,1-3H3,(H,22,23). The minimum Gasteiger partial charge on any atom is -0.484 e. The maximum absolute atomic E-state index is 12.4. The number of guanidine groups is 1. The highest BCUT2D eigenvalue weighted by Crippen LogP contribution is 2.25. The van der Waals surface area contributed by atoms with Gasteiger partial charge in [-0.15, -0.1) is 0 Å². The molecule has 1 aliphatic rings. The molecule has 9 heteroatoms. The summed E-state index contributed by atoms with van der Waals surface area (Å²) in [6.45, 7) is 1.97. The molecule has 150 valence electrons. The molecule has 1 heterocycles. The van der Waals surface area contributed by atoms with Crippen molar-refractivity contribution in [3.05, 3.63) is 29.8 Å². The van der Waals surface area contributed by atoms with Crippen molar-refractivity contribution in [1.82, 2.24) is 10.2 Å². The molecule has 2 unspecified atom stereocenters. The van der Waals surface area contributed by atoms with Gasteiger partial charge in [0.1, 0.15) is 5.75 Å². The highest BCUT2D eigenvalue weighted by Gasteiger charge is 2.37. The van der Waals surface area contributed by atoms with E-state index in [1.54, 1.807) is 25.2 Å². The molecule has 2 atom stereocenters. The van der Waals surface area contributed by atoms with E-state index in [1.807, 2.05) is 11.8 Å². The maximum atomic E-state index is 12.4. The van der Waals surface area contributed by atoms with Crippen molar-refractivity contribution >= 4 is 11.9 Å². The van der Waals surface area contributed by atoms with Crippen LogP contribution in [0.15, 0.2) is 29.3 Å². The highest BCUT2D eigenvalue weighted by atomic mass is 19.4. The van der Waals surface area contributed by atoms with Crippen molar-refractivity contribution in [2.75, 3.05) is 33.9 Å². The van der Waals surface area contributed by atoms with Crippen molar-refractivity contribution in [3.8, 4) is 5.75 Å². The monoisotopic (exact) mass is 387 g/mol. The molecule has 0 radical (unpaired) electrons. The molecule has 2 rings (SSSR count). The van der Waals surface area contributed by atoms with Gasteiger partial charge in [-0.2, -0.15) is 13.2 Å². The van der Waals surface area contributed by atoms with Crippen molar-refractivity contribution < 1.29 is 27.4 Å². The number of rotatable bonds is 5. The fraction of sp³-hybridized carbons (Fsp3) is 0.556. The van der Waals surface area contributed by atoms with Gasteiger partial charge in [-0.25, -0.2) is 0 Å². The quantitative estimate of drug-likeness (QED) is 0.478. The lowest BCUT2D eigenvalue weighted by Gasteiger charge is -2.22. The molecule has 1 saturated heterocycles. The van der Waals surface area contributed by atoms with E-state index in [-0.39, 0.29) is 30.1 Å². The summed E-state index contributed by atoms with van der Waals surface area (Å²) < 4.78 is 47.0. The van der Waals surface area contributed by atoms with Crippen LogP contribution in [0.1, 0.15) is 12.5 Å². The minimum absolute atomic E-state index is 0.110. The second-order valence-electron chi connectivity index (χ2n) is 6.42. The van der Waals surface area contributed by atoms with Crippen LogP contribution in [0.25, 0.3) is 0 Å². The summed E-state index contributed by atoms with van der Waals surface area (Å²) in [5, 5.41) is 3.13. The first-order valence-electron chi connectivity index (χ1n) is 8.56. The third kappa shape index (κ3) is 5.77. The zero-order valence-corrected chi connectivity index (χ0v) is 15.5. The SMILES string of the molecule is CN=C(NCc1ccccc1OCC(F)(F)F)N1CC(C)C(C(=O)OC)C1. The van der Waals surface area contributed by atoms with E-state index in [4.69, 9.17) is 9.47 Å². The summed E-state index contributed by atoms with van der Waals surface area (Å²) in [5.74, 6) is 0.347. The molecule has 1 aromatic rings. The normalized spacial score (nSPS) is 20.5. The number of halogens is 3. The number of hydrogen-bond donors (Lipinski definition) is 1. The fourth-order valence-corrected chi connectivity index (χ4v) is 3.05. The molecule has 0 amide bonds. The third-order valence-electron chi connectivity index (χ3n) is 4.43. The summed E-state index contributed by atoms with van der Waals surface area (Å²) in [5.41, 5.74) is 0.583. The number of nitrogens with one attached hydrogen (secondary N) is 1. The van der Waals surface area contributed by atoms with Gasteiger partial charge in [0.25, 0.3) is 0 Å². The van der Waals surface area contributed by atoms with Gasteiger partial charge in [-0.3, -0.25) is 9.79 Å². The van der Waals surface area contributed by atoms with Crippen LogP contribution in [-0.4, -0.2) is 56.9 Å². The van der Waals surface area contributed by atoms with E-state index in [0.717, 1.165) is 0 Å². The Morgan fingerprint density at radius 2 is 2.04 bits per heavy atom. The van der Waals surface area contributed by atoms with Crippen molar-refractivity contribution in [1.29, 1.82) is 0 Å². The number of esters is 1. The number of likely N-dealkylation sites (tertiary alicyclic amines) is 1. The number of para-hydroxylation sites is 1. The molecule has 0 aliphatic carbocycles. The Morgan fingerprint density at radius 3 is 2.67 bits per heavy atom. The molecule has 1 N–H and O–H groups in total. The number of alkyl halides is 3. The van der Waals surface area contributed by atoms with Gasteiger partial charge in [0.15, 0.2) is 12.6 Å². The van der Waals surface area contributed by atoms with E-state index in [1.165, 1.54) is 13.2 Å². The Bertz CT molecular complexity index is 679. The summed E-state index contributed by atoms with van der Waals surface area (Å²) in [6.07, 6.45) is -4.40. The Morgan fingerprint density at radius 1 is 1.33 bits per heavy atom. The summed E-state index contributed by atoms with van der Waals surface area (Å²) in [7, 11) is 2.98. The van der Waals surface area contributed by atoms with Crippen molar-refractivity contribution in [3.63, 3.8) is 0 Å². The van der Waals surface area contributed by atoms with E-state index in [9.17, 15) is 18.0 Å². The van der Waals surface area contributed by atoms with E-state index >= 15 is 0 Å². The van der Waals surface area contributed by atoms with Gasteiger partial charge in [0, 0.05) is 32.2 Å². The van der Waals surface area contributed by atoms with Crippen LogP contribution < -0.4 is 10.1 Å². The number of benzene rings is 1. The first-order chi connectivity index (χ1) is 12.7. The molecule has 0 bridgehead atoms. The lowest BCUT2D eigenvalue weighted by Crippen LogP contribution is -2.40. The summed E-state index contributed by atoms with van der Waals surface area (Å²) in [4.78, 5) is 18.0. The van der Waals surface area contributed by atoms with Gasteiger partial charge in [0.2, 0.25) is 0 Å². The molecule has 0 saturated carbocycles. The molecular weight excluding hydrogens is 363 g/mol. The lowest BCUT2D eigenvalue weighted by atomic mass is 9.99.